The zero-order chi connectivity index (χ0) is 19.6. The molecular weight excluding hydrogens is 376 g/mol. The van der Waals surface area contributed by atoms with Gasteiger partial charge in [0.2, 0.25) is 5.91 Å². The molecule has 3 nitrogen and oxygen atoms in total. The van der Waals surface area contributed by atoms with Gasteiger partial charge in [-0.25, -0.2) is 4.98 Å². The summed E-state index contributed by atoms with van der Waals surface area (Å²) in [6, 6.07) is 10.3. The van der Waals surface area contributed by atoms with E-state index in [9.17, 15) is 4.79 Å². The van der Waals surface area contributed by atoms with Crippen molar-refractivity contribution in [2.24, 2.45) is 5.92 Å². The van der Waals surface area contributed by atoms with E-state index in [1.54, 1.807) is 23.1 Å². The number of thiazole rings is 1. The van der Waals surface area contributed by atoms with Crippen molar-refractivity contribution in [3.63, 3.8) is 0 Å². The van der Waals surface area contributed by atoms with Crippen LogP contribution in [0.15, 0.2) is 64.7 Å². The number of benzene rings is 1. The zero-order valence-corrected chi connectivity index (χ0v) is 17.7. The number of nitrogens with one attached hydrogen (secondary N) is 1. The summed E-state index contributed by atoms with van der Waals surface area (Å²) in [4.78, 5) is 16.6. The standard InChI is InChI=1S/C22H27ClN2OS/c1-16(9-10-20(15-23)14-19-7-5-4-6-8-19)13-17(2)21(26)25-18(3)22-24-11-12-27-22/h4-8,11-13,15-16,18H,9-10,14H2,1-3H3,(H,25,26)/b17-13+,20-15-/t16?,18-/m0/s1. The van der Waals surface area contributed by atoms with Gasteiger partial charge in [-0.2, -0.15) is 0 Å². The van der Waals surface area contributed by atoms with E-state index in [0.717, 1.165) is 29.8 Å². The molecule has 1 unspecified atom stereocenters. The molecule has 0 radical (unpaired) electrons. The Bertz CT molecular complexity index is 769. The molecule has 1 N–H and O–H groups in total. The van der Waals surface area contributed by atoms with Crippen LogP contribution < -0.4 is 5.32 Å². The second-order valence-corrected chi connectivity index (χ2v) is 8.01. The second kappa shape index (κ2) is 11.1. The molecular formula is C22H27ClN2OS. The Morgan fingerprint density at radius 2 is 2.04 bits per heavy atom. The number of nitrogens with zero attached hydrogens (tertiary/aromatic N) is 1. The number of amides is 1. The first-order chi connectivity index (χ1) is 13.0. The molecule has 144 valence electrons. The normalized spacial score (nSPS) is 14.7. The average Bonchev–Trinajstić information content (AvgIpc) is 3.20. The Balaban J connectivity index is 1.83. The van der Waals surface area contributed by atoms with Crippen molar-refractivity contribution >= 4 is 28.8 Å². The molecule has 0 bridgehead atoms. The van der Waals surface area contributed by atoms with Gasteiger partial charge >= 0.3 is 0 Å². The molecule has 0 fully saturated rings. The average molecular weight is 403 g/mol. The molecule has 1 aromatic carbocycles. The third-order valence-electron chi connectivity index (χ3n) is 4.41. The molecule has 0 aliphatic carbocycles. The lowest BCUT2D eigenvalue weighted by Gasteiger charge is -2.14. The van der Waals surface area contributed by atoms with Crippen molar-refractivity contribution in [3.05, 3.63) is 75.2 Å². The molecule has 2 aromatic rings. The van der Waals surface area contributed by atoms with Gasteiger partial charge in [-0.3, -0.25) is 4.79 Å². The minimum absolute atomic E-state index is 0.0399. The molecule has 1 heterocycles. The van der Waals surface area contributed by atoms with Crippen LogP contribution in [0.1, 0.15) is 50.2 Å². The van der Waals surface area contributed by atoms with Crippen molar-refractivity contribution in [2.45, 2.75) is 46.1 Å². The van der Waals surface area contributed by atoms with E-state index in [2.05, 4.69) is 29.4 Å². The lowest BCUT2D eigenvalue weighted by atomic mass is 9.96. The molecule has 1 aromatic heterocycles. The van der Waals surface area contributed by atoms with Crippen LogP contribution in [0.3, 0.4) is 0 Å². The summed E-state index contributed by atoms with van der Waals surface area (Å²) >= 11 is 7.57. The highest BCUT2D eigenvalue weighted by Crippen LogP contribution is 2.20. The molecule has 5 heteroatoms. The maximum atomic E-state index is 12.4. The van der Waals surface area contributed by atoms with E-state index in [1.165, 1.54) is 11.1 Å². The van der Waals surface area contributed by atoms with Crippen LogP contribution in [0.5, 0.6) is 0 Å². The Morgan fingerprint density at radius 3 is 2.67 bits per heavy atom. The Morgan fingerprint density at radius 1 is 1.30 bits per heavy atom. The molecule has 0 saturated heterocycles. The number of carbonyl (C=O) groups excluding carboxylic acids is 1. The number of hydrogen-bond donors (Lipinski definition) is 1. The molecule has 0 saturated carbocycles. The second-order valence-electron chi connectivity index (χ2n) is 6.86. The summed E-state index contributed by atoms with van der Waals surface area (Å²) in [6.45, 7) is 5.95. The third-order valence-corrected chi connectivity index (χ3v) is 5.68. The molecule has 0 spiro atoms. The number of carbonyl (C=O) groups is 1. The maximum absolute atomic E-state index is 12.4. The summed E-state index contributed by atoms with van der Waals surface area (Å²) in [7, 11) is 0. The van der Waals surface area contributed by atoms with Gasteiger partial charge in [-0.15, -0.1) is 11.3 Å². The number of allylic oxidation sites excluding steroid dienone is 2. The van der Waals surface area contributed by atoms with Crippen LogP contribution in [-0.4, -0.2) is 10.9 Å². The van der Waals surface area contributed by atoms with E-state index in [4.69, 9.17) is 11.6 Å². The molecule has 0 aliphatic heterocycles. The Hall–Kier alpha value is -1.91. The number of hydrogen-bond acceptors (Lipinski definition) is 3. The van der Waals surface area contributed by atoms with Crippen LogP contribution in [-0.2, 0) is 11.2 Å². The molecule has 1 amide bonds. The topological polar surface area (TPSA) is 42.0 Å². The third kappa shape index (κ3) is 7.31. The van der Waals surface area contributed by atoms with Gasteiger partial charge in [-0.05, 0) is 44.6 Å². The van der Waals surface area contributed by atoms with E-state index in [0.29, 0.717) is 5.92 Å². The molecule has 27 heavy (non-hydrogen) atoms. The minimum Gasteiger partial charge on any atom is -0.343 e. The number of rotatable bonds is 9. The quantitative estimate of drug-likeness (QED) is 0.519. The summed E-state index contributed by atoms with van der Waals surface area (Å²) < 4.78 is 0. The molecule has 0 aliphatic rings. The van der Waals surface area contributed by atoms with E-state index in [1.807, 2.05) is 43.5 Å². The summed E-state index contributed by atoms with van der Waals surface area (Å²) in [6.07, 6.45) is 6.53. The minimum atomic E-state index is -0.0761. The number of halogens is 1. The van der Waals surface area contributed by atoms with Crippen LogP contribution in [0.2, 0.25) is 0 Å². The SMILES string of the molecule is C/C(=C\C(C)CC/C(=C/Cl)Cc1ccccc1)C(=O)N[C@@H](C)c1nccs1. The van der Waals surface area contributed by atoms with Gasteiger partial charge in [0, 0.05) is 22.7 Å². The van der Waals surface area contributed by atoms with Gasteiger partial charge < -0.3 is 5.32 Å². The summed E-state index contributed by atoms with van der Waals surface area (Å²) in [5.41, 5.74) is 4.91. The van der Waals surface area contributed by atoms with Gasteiger partial charge in [0.15, 0.2) is 0 Å². The van der Waals surface area contributed by atoms with Crippen molar-refractivity contribution in [3.8, 4) is 0 Å². The highest BCUT2D eigenvalue weighted by atomic mass is 35.5. The zero-order valence-electron chi connectivity index (χ0n) is 16.1. The smallest absolute Gasteiger partial charge is 0.247 e. The van der Waals surface area contributed by atoms with Gasteiger partial charge in [0.25, 0.3) is 0 Å². The van der Waals surface area contributed by atoms with Crippen LogP contribution >= 0.6 is 22.9 Å². The van der Waals surface area contributed by atoms with Gasteiger partial charge in [0.1, 0.15) is 5.01 Å². The first-order valence-corrected chi connectivity index (χ1v) is 10.5. The predicted octanol–water partition coefficient (Wildman–Crippen LogP) is 6.05. The summed E-state index contributed by atoms with van der Waals surface area (Å²) in [5, 5.41) is 5.84. The lowest BCUT2D eigenvalue weighted by molar-refractivity contribution is -0.118. The van der Waals surface area contributed by atoms with Crippen LogP contribution in [0, 0.1) is 5.92 Å². The monoisotopic (exact) mass is 402 g/mol. The van der Waals surface area contributed by atoms with Crippen molar-refractivity contribution in [1.29, 1.82) is 0 Å². The van der Waals surface area contributed by atoms with Crippen molar-refractivity contribution in [1.82, 2.24) is 10.3 Å². The van der Waals surface area contributed by atoms with Crippen LogP contribution in [0.25, 0.3) is 0 Å². The Kier molecular flexibility index (Phi) is 8.76. The fourth-order valence-corrected chi connectivity index (χ4v) is 3.69. The first-order valence-electron chi connectivity index (χ1n) is 9.20. The number of aromatic nitrogens is 1. The van der Waals surface area contributed by atoms with Gasteiger partial charge in [-0.1, -0.05) is 60.5 Å². The van der Waals surface area contributed by atoms with Crippen molar-refractivity contribution < 1.29 is 4.79 Å². The lowest BCUT2D eigenvalue weighted by Crippen LogP contribution is -2.27. The Labute approximate surface area is 171 Å². The fourth-order valence-electron chi connectivity index (χ4n) is 2.86. The van der Waals surface area contributed by atoms with E-state index in [-0.39, 0.29) is 11.9 Å². The van der Waals surface area contributed by atoms with Gasteiger partial charge in [0.05, 0.1) is 6.04 Å². The maximum Gasteiger partial charge on any atom is 0.247 e. The van der Waals surface area contributed by atoms with E-state index >= 15 is 0 Å². The fraction of sp³-hybridized carbons (Fsp3) is 0.364. The van der Waals surface area contributed by atoms with Crippen LogP contribution in [0.4, 0.5) is 0 Å². The molecule has 2 rings (SSSR count). The summed E-state index contributed by atoms with van der Waals surface area (Å²) in [5.74, 6) is 0.259. The predicted molar refractivity (Wildman–Crippen MR) is 115 cm³/mol. The highest BCUT2D eigenvalue weighted by Gasteiger charge is 2.13. The molecule has 2 atom stereocenters. The highest BCUT2D eigenvalue weighted by molar-refractivity contribution is 7.09. The first kappa shape index (κ1) is 21.4. The van der Waals surface area contributed by atoms with E-state index < -0.39 is 0 Å². The van der Waals surface area contributed by atoms with Crippen molar-refractivity contribution in [2.75, 3.05) is 0 Å². The largest absolute Gasteiger partial charge is 0.343 e.